The van der Waals surface area contributed by atoms with Crippen LogP contribution in [0.3, 0.4) is 0 Å². The van der Waals surface area contributed by atoms with Gasteiger partial charge in [-0.25, -0.2) is 8.42 Å². The van der Waals surface area contributed by atoms with Crippen LogP contribution in [0.25, 0.3) is 0 Å². The van der Waals surface area contributed by atoms with E-state index in [1.807, 2.05) is 37.3 Å². The molecule has 7 nitrogen and oxygen atoms in total. The predicted molar refractivity (Wildman–Crippen MR) is 128 cm³/mol. The molecule has 0 unspecified atom stereocenters. The summed E-state index contributed by atoms with van der Waals surface area (Å²) in [6.07, 6.45) is 0.474. The average Bonchev–Trinajstić information content (AvgIpc) is 2.82. The summed E-state index contributed by atoms with van der Waals surface area (Å²) in [5, 5.41) is 2.75. The zero-order chi connectivity index (χ0) is 23.8. The molecule has 1 amide bonds. The first-order valence-electron chi connectivity index (χ1n) is 10.5. The number of ether oxygens (including phenoxy) is 2. The number of sulfonamides is 1. The normalized spacial score (nSPS) is 11.3. The molecule has 8 heteroatoms. The quantitative estimate of drug-likeness (QED) is 0.488. The Kier molecular flexibility index (Phi) is 8.08. The van der Waals surface area contributed by atoms with E-state index in [9.17, 15) is 13.2 Å². The molecular weight excluding hydrogens is 440 g/mol. The van der Waals surface area contributed by atoms with Crippen molar-refractivity contribution in [1.82, 2.24) is 4.31 Å². The Morgan fingerprint density at radius 3 is 2.27 bits per heavy atom. The van der Waals surface area contributed by atoms with E-state index in [1.54, 1.807) is 42.5 Å². The third-order valence-corrected chi connectivity index (χ3v) is 7.01. The molecule has 174 valence electrons. The molecule has 0 spiro atoms. The highest BCUT2D eigenvalue weighted by atomic mass is 32.2. The monoisotopic (exact) mass is 468 g/mol. The van der Waals surface area contributed by atoms with E-state index in [0.29, 0.717) is 23.6 Å². The summed E-state index contributed by atoms with van der Waals surface area (Å²) >= 11 is 0. The van der Waals surface area contributed by atoms with Gasteiger partial charge in [-0.05, 0) is 43.2 Å². The zero-order valence-electron chi connectivity index (χ0n) is 18.9. The van der Waals surface area contributed by atoms with Gasteiger partial charge in [0.1, 0.15) is 11.5 Å². The number of methoxy groups -OCH3 is 2. The average molecular weight is 469 g/mol. The van der Waals surface area contributed by atoms with Crippen molar-refractivity contribution in [3.05, 3.63) is 83.9 Å². The summed E-state index contributed by atoms with van der Waals surface area (Å²) < 4.78 is 38.5. The predicted octanol–water partition coefficient (Wildman–Crippen LogP) is 3.88. The van der Waals surface area contributed by atoms with Crippen molar-refractivity contribution in [1.29, 1.82) is 0 Å². The van der Waals surface area contributed by atoms with Crippen LogP contribution in [0.2, 0.25) is 0 Å². The second kappa shape index (κ2) is 11.0. The van der Waals surface area contributed by atoms with E-state index in [2.05, 4.69) is 5.32 Å². The Hall–Kier alpha value is -3.36. The van der Waals surface area contributed by atoms with E-state index in [0.717, 1.165) is 11.1 Å². The molecule has 1 N–H and O–H groups in total. The molecule has 3 aromatic rings. The second-order valence-corrected chi connectivity index (χ2v) is 9.44. The molecule has 0 fully saturated rings. The summed E-state index contributed by atoms with van der Waals surface area (Å²) in [5.41, 5.74) is 2.33. The lowest BCUT2D eigenvalue weighted by Gasteiger charge is -2.22. The fraction of sp³-hybridized carbons (Fsp3) is 0.240. The molecule has 3 rings (SSSR count). The number of carbonyl (C=O) groups excluding carboxylic acids is 1. The van der Waals surface area contributed by atoms with Gasteiger partial charge in [-0.1, -0.05) is 48.0 Å². The number of hydrogen-bond donors (Lipinski definition) is 1. The van der Waals surface area contributed by atoms with Gasteiger partial charge in [-0.3, -0.25) is 4.79 Å². The van der Waals surface area contributed by atoms with Crippen LogP contribution in [0.15, 0.2) is 77.7 Å². The van der Waals surface area contributed by atoms with Crippen molar-refractivity contribution in [2.45, 2.75) is 18.2 Å². The fourth-order valence-electron chi connectivity index (χ4n) is 3.30. The van der Waals surface area contributed by atoms with Crippen LogP contribution < -0.4 is 14.8 Å². The third-order valence-electron chi connectivity index (χ3n) is 5.15. The largest absolute Gasteiger partial charge is 0.497 e. The standard InChI is InChI=1S/C25H28N2O5S/c1-19-9-12-22(13-10-19)33(29,30)27(16-15-20-7-5-4-6-8-20)18-25(28)26-23-17-21(31-2)11-14-24(23)32-3/h4-14,17H,15-16,18H2,1-3H3,(H,26,28). The summed E-state index contributed by atoms with van der Waals surface area (Å²) in [6, 6.07) is 21.2. The van der Waals surface area contributed by atoms with Crippen LogP contribution in [0.4, 0.5) is 5.69 Å². The maximum atomic E-state index is 13.4. The van der Waals surface area contributed by atoms with Crippen molar-refractivity contribution in [2.75, 3.05) is 32.6 Å². The van der Waals surface area contributed by atoms with Gasteiger partial charge in [0.15, 0.2) is 0 Å². The third kappa shape index (κ3) is 6.34. The number of aryl methyl sites for hydroxylation is 1. The van der Waals surface area contributed by atoms with E-state index >= 15 is 0 Å². The highest BCUT2D eigenvalue weighted by Gasteiger charge is 2.27. The Morgan fingerprint density at radius 2 is 1.64 bits per heavy atom. The van der Waals surface area contributed by atoms with Gasteiger partial charge in [0.25, 0.3) is 0 Å². The van der Waals surface area contributed by atoms with Crippen LogP contribution in [0.5, 0.6) is 11.5 Å². The SMILES string of the molecule is COc1ccc(OC)c(NC(=O)CN(CCc2ccccc2)S(=O)(=O)c2ccc(C)cc2)c1. The number of nitrogens with zero attached hydrogens (tertiary/aromatic N) is 1. The number of anilines is 1. The number of carbonyl (C=O) groups is 1. The minimum absolute atomic E-state index is 0.146. The summed E-state index contributed by atoms with van der Waals surface area (Å²) in [5.74, 6) is 0.506. The van der Waals surface area contributed by atoms with E-state index in [1.165, 1.54) is 18.5 Å². The van der Waals surface area contributed by atoms with Crippen LogP contribution in [-0.2, 0) is 21.2 Å². The molecule has 0 bridgehead atoms. The fourth-order valence-corrected chi connectivity index (χ4v) is 4.70. The molecule has 0 atom stereocenters. The number of hydrogen-bond acceptors (Lipinski definition) is 5. The molecule has 0 aliphatic carbocycles. The van der Waals surface area contributed by atoms with Crippen molar-refractivity contribution < 1.29 is 22.7 Å². The smallest absolute Gasteiger partial charge is 0.243 e. The molecular formula is C25H28N2O5S. The van der Waals surface area contributed by atoms with Crippen molar-refractivity contribution in [2.24, 2.45) is 0 Å². The summed E-state index contributed by atoms with van der Waals surface area (Å²) in [7, 11) is -0.875. The Balaban J connectivity index is 1.84. The van der Waals surface area contributed by atoms with Crippen LogP contribution in [0, 0.1) is 6.92 Å². The minimum atomic E-state index is -3.89. The number of benzene rings is 3. The van der Waals surface area contributed by atoms with E-state index in [4.69, 9.17) is 9.47 Å². The topological polar surface area (TPSA) is 84.9 Å². The lowest BCUT2D eigenvalue weighted by atomic mass is 10.1. The Bertz CT molecular complexity index is 1180. The molecule has 3 aromatic carbocycles. The maximum Gasteiger partial charge on any atom is 0.243 e. The van der Waals surface area contributed by atoms with Gasteiger partial charge in [-0.15, -0.1) is 0 Å². The van der Waals surface area contributed by atoms with Crippen LogP contribution in [0.1, 0.15) is 11.1 Å². The van der Waals surface area contributed by atoms with Crippen molar-refractivity contribution >= 4 is 21.6 Å². The van der Waals surface area contributed by atoms with Crippen molar-refractivity contribution in [3.63, 3.8) is 0 Å². The van der Waals surface area contributed by atoms with Gasteiger partial charge in [0.05, 0.1) is 31.3 Å². The summed E-state index contributed by atoms with van der Waals surface area (Å²) in [4.78, 5) is 13.1. The summed E-state index contributed by atoms with van der Waals surface area (Å²) in [6.45, 7) is 1.70. The Morgan fingerprint density at radius 1 is 0.939 bits per heavy atom. The zero-order valence-corrected chi connectivity index (χ0v) is 19.8. The second-order valence-electron chi connectivity index (χ2n) is 7.50. The number of rotatable bonds is 10. The van der Waals surface area contributed by atoms with Crippen molar-refractivity contribution in [3.8, 4) is 11.5 Å². The van der Waals surface area contributed by atoms with E-state index < -0.39 is 15.9 Å². The molecule has 33 heavy (non-hydrogen) atoms. The lowest BCUT2D eigenvalue weighted by Crippen LogP contribution is -2.39. The highest BCUT2D eigenvalue weighted by Crippen LogP contribution is 2.29. The molecule has 0 saturated carbocycles. The number of amides is 1. The van der Waals surface area contributed by atoms with Gasteiger partial charge in [0, 0.05) is 12.6 Å². The van der Waals surface area contributed by atoms with Crippen LogP contribution in [-0.4, -0.2) is 45.9 Å². The Labute approximate surface area is 195 Å². The molecule has 0 saturated heterocycles. The highest BCUT2D eigenvalue weighted by molar-refractivity contribution is 7.89. The first-order valence-corrected chi connectivity index (χ1v) is 11.9. The first-order chi connectivity index (χ1) is 15.8. The number of nitrogens with one attached hydrogen (secondary N) is 1. The van der Waals surface area contributed by atoms with E-state index in [-0.39, 0.29) is 18.0 Å². The van der Waals surface area contributed by atoms with Gasteiger partial charge in [0.2, 0.25) is 15.9 Å². The van der Waals surface area contributed by atoms with Gasteiger partial charge in [-0.2, -0.15) is 4.31 Å². The van der Waals surface area contributed by atoms with Crippen LogP contribution >= 0.6 is 0 Å². The molecule has 0 radical (unpaired) electrons. The van der Waals surface area contributed by atoms with Gasteiger partial charge >= 0.3 is 0 Å². The first kappa shape index (κ1) is 24.3. The molecule has 0 heterocycles. The minimum Gasteiger partial charge on any atom is -0.497 e. The molecule has 0 aliphatic heterocycles. The molecule has 0 aliphatic rings. The maximum absolute atomic E-state index is 13.4. The molecule has 0 aromatic heterocycles. The van der Waals surface area contributed by atoms with Gasteiger partial charge < -0.3 is 14.8 Å². The lowest BCUT2D eigenvalue weighted by molar-refractivity contribution is -0.116.